The minimum Gasteiger partial charge on any atom is -0.390 e. The lowest BCUT2D eigenvalue weighted by molar-refractivity contribution is 0.276. The number of hydrogen-bond donors (Lipinski definition) is 2. The lowest BCUT2D eigenvalue weighted by Gasteiger charge is -1.99. The second kappa shape index (κ2) is 4.81. The number of nitrogens with zero attached hydrogens (tertiary/aromatic N) is 6. The standard InChI is InChI=1S/C8H12N6O2/c15-5-7-3-13(11-9-7)1-2-14-4-8(6-16)10-12-14/h3-4,15-16H,1-2,5-6H2. The number of aryl methyl sites for hydroxylation is 2. The maximum Gasteiger partial charge on any atom is 0.108 e. The average Bonchev–Trinajstić information content (AvgIpc) is 2.95. The highest BCUT2D eigenvalue weighted by Crippen LogP contribution is 1.95. The number of hydrogen-bond acceptors (Lipinski definition) is 6. The summed E-state index contributed by atoms with van der Waals surface area (Å²) in [4.78, 5) is 0. The largest absolute Gasteiger partial charge is 0.390 e. The Kier molecular flexibility index (Phi) is 3.22. The van der Waals surface area contributed by atoms with Gasteiger partial charge in [0, 0.05) is 0 Å². The summed E-state index contributed by atoms with van der Waals surface area (Å²) in [6.07, 6.45) is 3.34. The van der Waals surface area contributed by atoms with Crippen molar-refractivity contribution in [1.29, 1.82) is 0 Å². The van der Waals surface area contributed by atoms with Crippen molar-refractivity contribution in [1.82, 2.24) is 30.0 Å². The molecule has 0 aliphatic heterocycles. The van der Waals surface area contributed by atoms with Crippen molar-refractivity contribution < 1.29 is 10.2 Å². The van der Waals surface area contributed by atoms with Gasteiger partial charge in [-0.15, -0.1) is 10.2 Å². The molecule has 0 aromatic carbocycles. The molecular weight excluding hydrogens is 212 g/mol. The Morgan fingerprint density at radius 2 is 1.31 bits per heavy atom. The molecular formula is C8H12N6O2. The van der Waals surface area contributed by atoms with Crippen molar-refractivity contribution >= 4 is 0 Å². The van der Waals surface area contributed by atoms with Gasteiger partial charge in [0.05, 0.1) is 38.7 Å². The maximum absolute atomic E-state index is 8.80. The van der Waals surface area contributed by atoms with Gasteiger partial charge in [0.25, 0.3) is 0 Å². The second-order valence-electron chi connectivity index (χ2n) is 3.26. The summed E-state index contributed by atoms with van der Waals surface area (Å²) in [6, 6.07) is 0. The Balaban J connectivity index is 1.91. The van der Waals surface area contributed by atoms with Crippen LogP contribution in [-0.2, 0) is 26.3 Å². The molecule has 0 unspecified atom stereocenters. The first kappa shape index (κ1) is 10.7. The fraction of sp³-hybridized carbons (Fsp3) is 0.500. The maximum atomic E-state index is 8.80. The third-order valence-electron chi connectivity index (χ3n) is 2.05. The van der Waals surface area contributed by atoms with E-state index in [1.807, 2.05) is 0 Å². The van der Waals surface area contributed by atoms with Crippen LogP contribution < -0.4 is 0 Å². The van der Waals surface area contributed by atoms with E-state index in [0.29, 0.717) is 24.5 Å². The highest BCUT2D eigenvalue weighted by molar-refractivity contribution is 4.90. The second-order valence-corrected chi connectivity index (χ2v) is 3.26. The Hall–Kier alpha value is -1.80. The van der Waals surface area contributed by atoms with E-state index in [0.717, 1.165) is 0 Å². The summed E-state index contributed by atoms with van der Waals surface area (Å²) in [6.45, 7) is 0.943. The molecule has 0 atom stereocenters. The molecule has 16 heavy (non-hydrogen) atoms. The van der Waals surface area contributed by atoms with E-state index in [1.165, 1.54) is 0 Å². The molecule has 0 saturated heterocycles. The molecule has 8 heteroatoms. The van der Waals surface area contributed by atoms with Gasteiger partial charge in [0.15, 0.2) is 0 Å². The average molecular weight is 224 g/mol. The Morgan fingerprint density at radius 3 is 1.62 bits per heavy atom. The summed E-state index contributed by atoms with van der Waals surface area (Å²) < 4.78 is 3.23. The molecule has 0 fully saturated rings. The SMILES string of the molecule is OCc1cn(CCn2cc(CO)nn2)nn1. The van der Waals surface area contributed by atoms with Gasteiger partial charge in [-0.3, -0.25) is 9.36 Å². The number of aliphatic hydroxyl groups is 2. The van der Waals surface area contributed by atoms with E-state index >= 15 is 0 Å². The van der Waals surface area contributed by atoms with Crippen molar-refractivity contribution in [3.63, 3.8) is 0 Å². The zero-order valence-corrected chi connectivity index (χ0v) is 8.56. The molecule has 2 rings (SSSR count). The number of aromatic nitrogens is 6. The quantitative estimate of drug-likeness (QED) is 0.644. The molecule has 0 spiro atoms. The van der Waals surface area contributed by atoms with Crippen LogP contribution in [-0.4, -0.2) is 40.2 Å². The van der Waals surface area contributed by atoms with Crippen LogP contribution in [0.1, 0.15) is 11.4 Å². The lowest BCUT2D eigenvalue weighted by atomic mass is 10.5. The minimum atomic E-state index is -0.113. The summed E-state index contributed by atoms with van der Waals surface area (Å²) in [5.74, 6) is 0. The van der Waals surface area contributed by atoms with Crippen LogP contribution in [0.5, 0.6) is 0 Å². The molecule has 0 radical (unpaired) electrons. The smallest absolute Gasteiger partial charge is 0.108 e. The van der Waals surface area contributed by atoms with E-state index in [1.54, 1.807) is 21.8 Å². The monoisotopic (exact) mass is 224 g/mol. The molecule has 2 N–H and O–H groups in total. The normalized spacial score (nSPS) is 10.9. The molecule has 0 amide bonds. The van der Waals surface area contributed by atoms with Gasteiger partial charge in [-0.2, -0.15) is 0 Å². The molecule has 86 valence electrons. The first-order chi connectivity index (χ1) is 7.81. The van der Waals surface area contributed by atoms with Gasteiger partial charge in [0.2, 0.25) is 0 Å². The molecule has 0 saturated carbocycles. The van der Waals surface area contributed by atoms with Crippen LogP contribution in [0.25, 0.3) is 0 Å². The molecule has 2 aromatic rings. The number of rotatable bonds is 5. The Labute approximate surface area is 91.1 Å². The lowest BCUT2D eigenvalue weighted by Crippen LogP contribution is -2.08. The first-order valence-electron chi connectivity index (χ1n) is 4.81. The molecule has 2 heterocycles. The van der Waals surface area contributed by atoms with Gasteiger partial charge in [0.1, 0.15) is 11.4 Å². The van der Waals surface area contributed by atoms with E-state index in [-0.39, 0.29) is 13.2 Å². The topological polar surface area (TPSA) is 102 Å². The van der Waals surface area contributed by atoms with Crippen LogP contribution >= 0.6 is 0 Å². The van der Waals surface area contributed by atoms with Gasteiger partial charge < -0.3 is 10.2 Å². The van der Waals surface area contributed by atoms with Gasteiger partial charge in [-0.05, 0) is 0 Å². The van der Waals surface area contributed by atoms with Crippen LogP contribution in [0.4, 0.5) is 0 Å². The molecule has 8 nitrogen and oxygen atoms in total. The van der Waals surface area contributed by atoms with Crippen molar-refractivity contribution in [2.45, 2.75) is 26.3 Å². The highest BCUT2D eigenvalue weighted by Gasteiger charge is 2.01. The predicted octanol–water partition coefficient (Wildman–Crippen LogP) is -1.45. The first-order valence-corrected chi connectivity index (χ1v) is 4.81. The number of aliphatic hydroxyl groups excluding tert-OH is 2. The van der Waals surface area contributed by atoms with Crippen molar-refractivity contribution in [3.05, 3.63) is 23.8 Å². The molecule has 0 aliphatic carbocycles. The summed E-state index contributed by atoms with van der Waals surface area (Å²) >= 11 is 0. The van der Waals surface area contributed by atoms with E-state index in [9.17, 15) is 0 Å². The van der Waals surface area contributed by atoms with Crippen LogP contribution in [0.3, 0.4) is 0 Å². The highest BCUT2D eigenvalue weighted by atomic mass is 16.3. The summed E-state index contributed by atoms with van der Waals surface area (Å²) in [7, 11) is 0. The van der Waals surface area contributed by atoms with Crippen LogP contribution in [0.15, 0.2) is 12.4 Å². The Bertz CT molecular complexity index is 409. The fourth-order valence-electron chi connectivity index (χ4n) is 1.25. The van der Waals surface area contributed by atoms with E-state index in [2.05, 4.69) is 20.6 Å². The molecule has 0 aliphatic rings. The summed E-state index contributed by atoms with van der Waals surface area (Å²) in [5, 5.41) is 32.7. The molecule has 2 aromatic heterocycles. The third kappa shape index (κ3) is 2.41. The third-order valence-corrected chi connectivity index (χ3v) is 2.05. The van der Waals surface area contributed by atoms with Gasteiger partial charge in [-0.1, -0.05) is 10.4 Å². The fourth-order valence-corrected chi connectivity index (χ4v) is 1.25. The van der Waals surface area contributed by atoms with E-state index in [4.69, 9.17) is 10.2 Å². The minimum absolute atomic E-state index is 0.113. The molecule has 0 bridgehead atoms. The Morgan fingerprint density at radius 1 is 0.875 bits per heavy atom. The van der Waals surface area contributed by atoms with Crippen molar-refractivity contribution in [2.75, 3.05) is 0 Å². The van der Waals surface area contributed by atoms with Crippen molar-refractivity contribution in [3.8, 4) is 0 Å². The van der Waals surface area contributed by atoms with Gasteiger partial charge >= 0.3 is 0 Å². The van der Waals surface area contributed by atoms with Crippen LogP contribution in [0.2, 0.25) is 0 Å². The van der Waals surface area contributed by atoms with Crippen molar-refractivity contribution in [2.24, 2.45) is 0 Å². The predicted molar refractivity (Wildman–Crippen MR) is 51.9 cm³/mol. The zero-order chi connectivity index (χ0) is 11.4. The van der Waals surface area contributed by atoms with E-state index < -0.39 is 0 Å². The van der Waals surface area contributed by atoms with Gasteiger partial charge in [-0.25, -0.2) is 0 Å². The van der Waals surface area contributed by atoms with Crippen LogP contribution in [0, 0.1) is 0 Å². The summed E-state index contributed by atoms with van der Waals surface area (Å²) in [5.41, 5.74) is 1.07. The zero-order valence-electron chi connectivity index (χ0n) is 8.56.